The normalized spacial score (nSPS) is 13.4. The summed E-state index contributed by atoms with van der Waals surface area (Å²) in [6.45, 7) is 4.27. The summed E-state index contributed by atoms with van der Waals surface area (Å²) in [4.78, 5) is 12.2. The van der Waals surface area contributed by atoms with Gasteiger partial charge in [-0.1, -0.05) is 147 Å². The van der Waals surface area contributed by atoms with Crippen molar-refractivity contribution in [1.82, 2.24) is 5.32 Å². The zero-order chi connectivity index (χ0) is 28.7. The van der Waals surface area contributed by atoms with Gasteiger partial charge in [-0.3, -0.25) is 4.79 Å². The fourth-order valence-electron chi connectivity index (χ4n) is 5.04. The third kappa shape index (κ3) is 28.2. The summed E-state index contributed by atoms with van der Waals surface area (Å²) in [5, 5.41) is 22.8. The van der Waals surface area contributed by atoms with Gasteiger partial charge < -0.3 is 15.5 Å². The number of hydrogen-bond donors (Lipinski definition) is 3. The molecule has 0 aromatic carbocycles. The van der Waals surface area contributed by atoms with E-state index in [0.717, 1.165) is 32.1 Å². The quantitative estimate of drug-likeness (QED) is 0.0617. The van der Waals surface area contributed by atoms with E-state index in [1.54, 1.807) is 0 Å². The molecule has 0 heterocycles. The monoisotopic (exact) mass is 550 g/mol. The van der Waals surface area contributed by atoms with Gasteiger partial charge in [-0.25, -0.2) is 0 Å². The summed E-state index contributed by atoms with van der Waals surface area (Å²) in [6, 6.07) is -0.532. The van der Waals surface area contributed by atoms with Crippen LogP contribution in [0.4, 0.5) is 0 Å². The summed E-state index contributed by atoms with van der Waals surface area (Å²) in [5.74, 6) is -0.0427. The van der Waals surface area contributed by atoms with Crippen LogP contribution in [0.25, 0.3) is 0 Å². The Hall–Kier alpha value is -1.13. The van der Waals surface area contributed by atoms with Crippen molar-refractivity contribution < 1.29 is 15.0 Å². The third-order valence-electron chi connectivity index (χ3n) is 7.72. The second kappa shape index (κ2) is 31.4. The van der Waals surface area contributed by atoms with E-state index in [1.165, 1.54) is 116 Å². The number of carbonyl (C=O) groups is 1. The summed E-state index contributed by atoms with van der Waals surface area (Å²) >= 11 is 0. The van der Waals surface area contributed by atoms with Crippen molar-refractivity contribution in [3.8, 4) is 0 Å². The first kappa shape index (κ1) is 37.9. The van der Waals surface area contributed by atoms with Gasteiger partial charge in [0, 0.05) is 6.42 Å². The standard InChI is InChI=1S/C35H67NO3/c1-3-5-7-9-11-12-13-14-15-16-17-18-19-20-21-22-23-24-25-27-29-31-35(39)36-33(32-37)34(38)30-28-26-10-8-6-4-2/h13-14,16-17,33-34,37-38H,3-12,15,18-32H2,1-2H3,(H,36,39)/b14-13-,17-16-. The number of nitrogens with one attached hydrogen (secondary N) is 1. The van der Waals surface area contributed by atoms with E-state index >= 15 is 0 Å². The summed E-state index contributed by atoms with van der Waals surface area (Å²) in [6.07, 6.45) is 38.2. The maximum absolute atomic E-state index is 12.2. The lowest BCUT2D eigenvalue weighted by Gasteiger charge is -2.22. The van der Waals surface area contributed by atoms with Gasteiger partial charge in [0.25, 0.3) is 0 Å². The van der Waals surface area contributed by atoms with E-state index in [2.05, 4.69) is 43.5 Å². The van der Waals surface area contributed by atoms with Crippen LogP contribution in [0.3, 0.4) is 0 Å². The molecule has 0 rings (SSSR count). The van der Waals surface area contributed by atoms with Crippen LogP contribution in [0.5, 0.6) is 0 Å². The average Bonchev–Trinajstić information content (AvgIpc) is 2.94. The number of allylic oxidation sites excluding steroid dienone is 4. The lowest BCUT2D eigenvalue weighted by Crippen LogP contribution is -2.45. The van der Waals surface area contributed by atoms with Gasteiger partial charge in [0.15, 0.2) is 0 Å². The highest BCUT2D eigenvalue weighted by Gasteiger charge is 2.19. The van der Waals surface area contributed by atoms with Crippen molar-refractivity contribution in [1.29, 1.82) is 0 Å². The van der Waals surface area contributed by atoms with Gasteiger partial charge in [0.05, 0.1) is 18.8 Å². The first-order valence-corrected chi connectivity index (χ1v) is 17.0. The molecule has 4 heteroatoms. The molecule has 0 fully saturated rings. The Morgan fingerprint density at radius 3 is 1.54 bits per heavy atom. The Kier molecular flexibility index (Phi) is 30.5. The van der Waals surface area contributed by atoms with Crippen LogP contribution >= 0.6 is 0 Å². The molecule has 2 unspecified atom stereocenters. The van der Waals surface area contributed by atoms with E-state index in [0.29, 0.717) is 12.8 Å². The highest BCUT2D eigenvalue weighted by Crippen LogP contribution is 2.13. The second-order valence-corrected chi connectivity index (χ2v) is 11.6. The van der Waals surface area contributed by atoms with Crippen molar-refractivity contribution in [3.05, 3.63) is 24.3 Å². The van der Waals surface area contributed by atoms with Crippen LogP contribution in [-0.2, 0) is 4.79 Å². The summed E-state index contributed by atoms with van der Waals surface area (Å²) in [7, 11) is 0. The van der Waals surface area contributed by atoms with Crippen molar-refractivity contribution in [2.75, 3.05) is 6.61 Å². The van der Waals surface area contributed by atoms with Gasteiger partial charge in [-0.15, -0.1) is 0 Å². The molecule has 0 radical (unpaired) electrons. The number of aliphatic hydroxyl groups excluding tert-OH is 2. The molecule has 0 aromatic heterocycles. The van der Waals surface area contributed by atoms with Crippen LogP contribution in [0.15, 0.2) is 24.3 Å². The molecule has 0 spiro atoms. The molecule has 1 amide bonds. The third-order valence-corrected chi connectivity index (χ3v) is 7.72. The van der Waals surface area contributed by atoms with Crippen LogP contribution < -0.4 is 5.32 Å². The second-order valence-electron chi connectivity index (χ2n) is 11.6. The molecule has 2 atom stereocenters. The predicted molar refractivity (Wildman–Crippen MR) is 170 cm³/mol. The lowest BCUT2D eigenvalue weighted by molar-refractivity contribution is -0.123. The highest BCUT2D eigenvalue weighted by molar-refractivity contribution is 5.76. The smallest absolute Gasteiger partial charge is 0.220 e. The number of unbranched alkanes of at least 4 members (excludes halogenated alkanes) is 19. The molecule has 0 aliphatic rings. The maximum Gasteiger partial charge on any atom is 0.220 e. The molecule has 0 saturated heterocycles. The Bertz CT molecular complexity index is 560. The average molecular weight is 550 g/mol. The fraction of sp³-hybridized carbons (Fsp3) is 0.857. The zero-order valence-electron chi connectivity index (χ0n) is 26.2. The largest absolute Gasteiger partial charge is 0.394 e. The van der Waals surface area contributed by atoms with E-state index in [-0.39, 0.29) is 12.5 Å². The number of aliphatic hydroxyl groups is 2. The van der Waals surface area contributed by atoms with Gasteiger partial charge in [0.1, 0.15) is 0 Å². The Morgan fingerprint density at radius 2 is 1.05 bits per heavy atom. The minimum absolute atomic E-state index is 0.0427. The number of amides is 1. The molecule has 0 aliphatic heterocycles. The van der Waals surface area contributed by atoms with Crippen LogP contribution in [0.2, 0.25) is 0 Å². The van der Waals surface area contributed by atoms with E-state index in [9.17, 15) is 15.0 Å². The van der Waals surface area contributed by atoms with Gasteiger partial charge in [-0.05, 0) is 44.9 Å². The fourth-order valence-corrected chi connectivity index (χ4v) is 5.04. The number of carbonyl (C=O) groups excluding carboxylic acids is 1. The molecule has 0 aliphatic carbocycles. The first-order valence-electron chi connectivity index (χ1n) is 17.0. The van der Waals surface area contributed by atoms with Crippen LogP contribution in [0.1, 0.15) is 174 Å². The van der Waals surface area contributed by atoms with Crippen molar-refractivity contribution in [2.45, 2.75) is 187 Å². The van der Waals surface area contributed by atoms with E-state index in [4.69, 9.17) is 0 Å². The Balaban J connectivity index is 3.51. The summed E-state index contributed by atoms with van der Waals surface area (Å²) < 4.78 is 0. The van der Waals surface area contributed by atoms with Crippen LogP contribution in [-0.4, -0.2) is 34.9 Å². The van der Waals surface area contributed by atoms with Gasteiger partial charge >= 0.3 is 0 Å². The predicted octanol–water partition coefficient (Wildman–Crippen LogP) is 9.73. The maximum atomic E-state index is 12.2. The minimum atomic E-state index is -0.655. The lowest BCUT2D eigenvalue weighted by atomic mass is 10.0. The SMILES string of the molecule is CCCCCCC/C=C\C/C=C\CCCCCCCCCCCC(=O)NC(CO)C(O)CCCCCCCC. The minimum Gasteiger partial charge on any atom is -0.394 e. The Labute approximate surface area is 243 Å². The van der Waals surface area contributed by atoms with Gasteiger partial charge in [0.2, 0.25) is 5.91 Å². The molecule has 0 aromatic rings. The van der Waals surface area contributed by atoms with Crippen molar-refractivity contribution >= 4 is 5.91 Å². The Morgan fingerprint density at radius 1 is 0.615 bits per heavy atom. The number of rotatable bonds is 30. The highest BCUT2D eigenvalue weighted by atomic mass is 16.3. The molecule has 39 heavy (non-hydrogen) atoms. The molecule has 0 bridgehead atoms. The zero-order valence-corrected chi connectivity index (χ0v) is 26.2. The van der Waals surface area contributed by atoms with Crippen LogP contribution in [0, 0.1) is 0 Å². The molecule has 3 N–H and O–H groups in total. The summed E-state index contributed by atoms with van der Waals surface area (Å²) in [5.41, 5.74) is 0. The molecular formula is C35H67NO3. The molecule has 0 saturated carbocycles. The van der Waals surface area contributed by atoms with Crippen molar-refractivity contribution in [2.24, 2.45) is 0 Å². The van der Waals surface area contributed by atoms with Crippen molar-refractivity contribution in [3.63, 3.8) is 0 Å². The molecule has 230 valence electrons. The molecular weight excluding hydrogens is 482 g/mol. The van der Waals surface area contributed by atoms with E-state index in [1.807, 2.05) is 0 Å². The molecule has 4 nitrogen and oxygen atoms in total. The van der Waals surface area contributed by atoms with E-state index < -0.39 is 12.1 Å². The first-order chi connectivity index (χ1) is 19.2. The van der Waals surface area contributed by atoms with Gasteiger partial charge in [-0.2, -0.15) is 0 Å². The number of hydrogen-bond acceptors (Lipinski definition) is 3. The topological polar surface area (TPSA) is 69.6 Å².